The number of imidazole rings is 1. The lowest BCUT2D eigenvalue weighted by molar-refractivity contribution is -0.199. The number of ether oxygens (including phenoxy) is 4. The van der Waals surface area contributed by atoms with Gasteiger partial charge in [0.15, 0.2) is 17.7 Å². The molecule has 0 saturated carbocycles. The van der Waals surface area contributed by atoms with Crippen molar-refractivity contribution in [3.63, 3.8) is 0 Å². The van der Waals surface area contributed by atoms with Gasteiger partial charge in [0.2, 0.25) is 0 Å². The minimum absolute atomic E-state index is 0.0256. The summed E-state index contributed by atoms with van der Waals surface area (Å²) in [7, 11) is 0. The summed E-state index contributed by atoms with van der Waals surface area (Å²) in [6, 6.07) is 0. The van der Waals surface area contributed by atoms with E-state index in [0.717, 1.165) is 0 Å². The number of hydrogen-bond donors (Lipinski definition) is 2. The molecule has 0 spiro atoms. The number of aromatic nitrogens is 2. The fraction of sp³-hybridized carbons (Fsp3) is 0.714. The summed E-state index contributed by atoms with van der Waals surface area (Å²) < 4.78 is 23.9. The van der Waals surface area contributed by atoms with Crippen molar-refractivity contribution in [1.82, 2.24) is 9.55 Å². The molecule has 1 aromatic heterocycles. The third-order valence-electron chi connectivity index (χ3n) is 3.88. The Kier molecular flexibility index (Phi) is 4.05. The van der Waals surface area contributed by atoms with Gasteiger partial charge in [-0.2, -0.15) is 0 Å². The number of nitrogens with zero attached hydrogens (tertiary/aromatic N) is 2. The molecule has 0 aromatic carbocycles. The van der Waals surface area contributed by atoms with Gasteiger partial charge >= 0.3 is 5.97 Å². The Labute approximate surface area is 133 Å². The lowest BCUT2D eigenvalue weighted by Gasteiger charge is -2.24. The Morgan fingerprint density at radius 1 is 1.48 bits per heavy atom. The van der Waals surface area contributed by atoms with Gasteiger partial charge in [-0.3, -0.25) is 4.57 Å². The van der Waals surface area contributed by atoms with Crippen molar-refractivity contribution < 1.29 is 28.8 Å². The van der Waals surface area contributed by atoms with Crippen LogP contribution >= 0.6 is 0 Å². The highest BCUT2D eigenvalue weighted by Gasteiger charge is 2.56. The molecule has 4 unspecified atom stereocenters. The van der Waals surface area contributed by atoms with E-state index < -0.39 is 36.3 Å². The number of aliphatic hydroxyl groups excluding tert-OH is 1. The number of hydrogen-bond acceptors (Lipinski definition) is 8. The molecule has 2 aliphatic heterocycles. The van der Waals surface area contributed by atoms with Crippen LogP contribution in [0.2, 0.25) is 0 Å². The van der Waals surface area contributed by atoms with Crippen molar-refractivity contribution in [3.05, 3.63) is 12.0 Å². The van der Waals surface area contributed by atoms with Crippen LogP contribution in [0.25, 0.3) is 0 Å². The molecule has 3 rings (SSSR count). The van der Waals surface area contributed by atoms with Crippen LogP contribution in [0, 0.1) is 0 Å². The molecular weight excluding hydrogens is 306 g/mol. The fourth-order valence-electron chi connectivity index (χ4n) is 2.96. The predicted molar refractivity (Wildman–Crippen MR) is 77.4 cm³/mol. The summed E-state index contributed by atoms with van der Waals surface area (Å²) in [4.78, 5) is 15.8. The van der Waals surface area contributed by atoms with Crippen LogP contribution in [0.15, 0.2) is 6.33 Å². The molecule has 2 saturated heterocycles. The highest BCUT2D eigenvalue weighted by molar-refractivity contribution is 5.92. The van der Waals surface area contributed by atoms with E-state index in [0.29, 0.717) is 0 Å². The number of carbonyl (C=O) groups excluding carboxylic acids is 1. The van der Waals surface area contributed by atoms with Gasteiger partial charge in [-0.1, -0.05) is 0 Å². The maximum atomic E-state index is 11.8. The van der Waals surface area contributed by atoms with Crippen molar-refractivity contribution in [2.24, 2.45) is 0 Å². The van der Waals surface area contributed by atoms with E-state index in [9.17, 15) is 9.90 Å². The lowest BCUT2D eigenvalue weighted by atomic mass is 10.1. The molecule has 9 nitrogen and oxygen atoms in total. The number of aliphatic hydroxyl groups is 1. The van der Waals surface area contributed by atoms with Crippen molar-refractivity contribution in [3.8, 4) is 0 Å². The van der Waals surface area contributed by atoms with Gasteiger partial charge in [-0.25, -0.2) is 9.78 Å². The molecule has 0 radical (unpaired) electrons. The Balaban J connectivity index is 1.89. The van der Waals surface area contributed by atoms with Crippen LogP contribution in [0.3, 0.4) is 0 Å². The zero-order valence-electron chi connectivity index (χ0n) is 13.3. The number of esters is 1. The Bertz CT molecular complexity index is 601. The summed E-state index contributed by atoms with van der Waals surface area (Å²) in [5.74, 6) is -1.26. The third kappa shape index (κ3) is 2.69. The molecule has 128 valence electrons. The second-order valence-corrected chi connectivity index (χ2v) is 5.92. The molecule has 1 aromatic rings. The Hall–Kier alpha value is -1.68. The zero-order chi connectivity index (χ0) is 16.8. The quantitative estimate of drug-likeness (QED) is 0.745. The molecule has 0 bridgehead atoms. The van der Waals surface area contributed by atoms with Crippen LogP contribution in [0.5, 0.6) is 0 Å². The van der Waals surface area contributed by atoms with E-state index in [2.05, 4.69) is 4.98 Å². The maximum absolute atomic E-state index is 11.8. The zero-order valence-corrected chi connectivity index (χ0v) is 13.3. The van der Waals surface area contributed by atoms with Gasteiger partial charge in [0.25, 0.3) is 0 Å². The summed E-state index contributed by atoms with van der Waals surface area (Å²) in [6.07, 6.45) is -0.673. The Morgan fingerprint density at radius 3 is 2.83 bits per heavy atom. The van der Waals surface area contributed by atoms with Gasteiger partial charge in [-0.05, 0) is 20.8 Å². The number of nitrogens with two attached hydrogens (primary N) is 1. The van der Waals surface area contributed by atoms with Gasteiger partial charge in [0.1, 0.15) is 24.1 Å². The van der Waals surface area contributed by atoms with Crippen molar-refractivity contribution in [1.29, 1.82) is 0 Å². The summed E-state index contributed by atoms with van der Waals surface area (Å²) in [6.45, 7) is 5.30. The first-order valence-corrected chi connectivity index (χ1v) is 7.49. The summed E-state index contributed by atoms with van der Waals surface area (Å²) in [5, 5.41) is 9.49. The van der Waals surface area contributed by atoms with Crippen LogP contribution in [0.4, 0.5) is 5.82 Å². The first-order chi connectivity index (χ1) is 10.9. The van der Waals surface area contributed by atoms with Crippen LogP contribution in [-0.2, 0) is 18.9 Å². The van der Waals surface area contributed by atoms with E-state index in [4.69, 9.17) is 24.7 Å². The number of rotatable bonds is 4. The first kappa shape index (κ1) is 16.2. The number of nitrogen functional groups attached to an aromatic ring is 1. The van der Waals surface area contributed by atoms with E-state index >= 15 is 0 Å². The Morgan fingerprint density at radius 2 is 2.17 bits per heavy atom. The molecular formula is C14H21N3O6. The normalized spacial score (nSPS) is 32.0. The highest BCUT2D eigenvalue weighted by atomic mass is 16.8. The molecule has 4 atom stereocenters. The molecule has 2 aliphatic rings. The number of fused-ring (bicyclic) bond motifs is 1. The van der Waals surface area contributed by atoms with Gasteiger partial charge in [0, 0.05) is 0 Å². The van der Waals surface area contributed by atoms with E-state index in [1.165, 1.54) is 10.9 Å². The molecule has 3 N–H and O–H groups in total. The van der Waals surface area contributed by atoms with Crippen molar-refractivity contribution >= 4 is 11.8 Å². The van der Waals surface area contributed by atoms with Crippen molar-refractivity contribution in [2.45, 2.75) is 51.1 Å². The van der Waals surface area contributed by atoms with E-state index in [1.54, 1.807) is 20.8 Å². The SMILES string of the molecule is CCOC(=O)c1ncn(C2OC(CO)C3OC(C)(C)OC32)c1N. The summed E-state index contributed by atoms with van der Waals surface area (Å²) >= 11 is 0. The second kappa shape index (κ2) is 5.75. The average Bonchev–Trinajstić information content (AvgIpc) is 3.10. The molecule has 0 amide bonds. The van der Waals surface area contributed by atoms with Crippen molar-refractivity contribution in [2.75, 3.05) is 18.9 Å². The molecule has 9 heteroatoms. The molecule has 3 heterocycles. The molecule has 2 fully saturated rings. The number of carbonyl (C=O) groups is 1. The predicted octanol–water partition coefficient (Wildman–Crippen LogP) is 0.0518. The highest BCUT2D eigenvalue weighted by Crippen LogP contribution is 2.43. The largest absolute Gasteiger partial charge is 0.461 e. The lowest BCUT2D eigenvalue weighted by Crippen LogP contribution is -2.31. The van der Waals surface area contributed by atoms with Gasteiger partial charge < -0.3 is 29.8 Å². The first-order valence-electron chi connectivity index (χ1n) is 7.49. The van der Waals surface area contributed by atoms with E-state index in [1.807, 2.05) is 0 Å². The van der Waals surface area contributed by atoms with Gasteiger partial charge in [-0.15, -0.1) is 0 Å². The topological polar surface area (TPSA) is 118 Å². The van der Waals surface area contributed by atoms with Crippen LogP contribution in [-0.4, -0.2) is 57.9 Å². The standard InChI is InChI=1S/C14H21N3O6/c1-4-20-13(19)8-11(15)17(6-16-8)12-10-9(7(5-18)21-12)22-14(2,3)23-10/h6-7,9-10,12,18H,4-5,15H2,1-3H3. The van der Waals surface area contributed by atoms with Crippen LogP contribution < -0.4 is 5.73 Å². The molecule has 23 heavy (non-hydrogen) atoms. The maximum Gasteiger partial charge on any atom is 0.360 e. The second-order valence-electron chi connectivity index (χ2n) is 5.92. The monoisotopic (exact) mass is 327 g/mol. The van der Waals surface area contributed by atoms with E-state index in [-0.39, 0.29) is 24.7 Å². The van der Waals surface area contributed by atoms with Gasteiger partial charge in [0.05, 0.1) is 19.5 Å². The minimum atomic E-state index is -0.788. The summed E-state index contributed by atoms with van der Waals surface area (Å²) in [5.41, 5.74) is 6.04. The smallest absolute Gasteiger partial charge is 0.360 e. The fourth-order valence-corrected chi connectivity index (χ4v) is 2.96. The third-order valence-corrected chi connectivity index (χ3v) is 3.88. The molecule has 0 aliphatic carbocycles. The van der Waals surface area contributed by atoms with Crippen LogP contribution in [0.1, 0.15) is 37.5 Å². The number of anilines is 1. The minimum Gasteiger partial charge on any atom is -0.461 e. The average molecular weight is 327 g/mol.